The van der Waals surface area contributed by atoms with Gasteiger partial charge in [0.25, 0.3) is 0 Å². The van der Waals surface area contributed by atoms with Gasteiger partial charge in [0.1, 0.15) is 11.6 Å². The van der Waals surface area contributed by atoms with E-state index in [1.165, 1.54) is 6.07 Å². The molecule has 0 radical (unpaired) electrons. The van der Waals surface area contributed by atoms with Gasteiger partial charge < -0.3 is 5.73 Å². The van der Waals surface area contributed by atoms with Crippen molar-refractivity contribution in [3.63, 3.8) is 0 Å². The van der Waals surface area contributed by atoms with Crippen LogP contribution in [0, 0.1) is 5.82 Å². The van der Waals surface area contributed by atoms with Gasteiger partial charge in [-0.25, -0.2) is 9.37 Å². The van der Waals surface area contributed by atoms with Crippen LogP contribution in [-0.2, 0) is 6.42 Å². The van der Waals surface area contributed by atoms with Gasteiger partial charge in [-0.15, -0.1) is 0 Å². The number of halogens is 2. The summed E-state index contributed by atoms with van der Waals surface area (Å²) in [6.45, 7) is 0.580. The molecule has 2 rings (SSSR count). The first kappa shape index (κ1) is 12.0. The lowest BCUT2D eigenvalue weighted by molar-refractivity contribution is 0.630. The third-order valence-corrected chi connectivity index (χ3v) is 2.65. The molecule has 1 aromatic carbocycles. The molecule has 0 saturated carbocycles. The van der Waals surface area contributed by atoms with Crippen LogP contribution in [0.2, 0.25) is 5.02 Å². The third kappa shape index (κ3) is 2.62. The molecule has 1 aromatic heterocycles. The van der Waals surface area contributed by atoms with Crippen molar-refractivity contribution in [1.29, 1.82) is 0 Å². The Kier molecular flexibility index (Phi) is 3.71. The Morgan fingerprint density at radius 3 is 2.94 bits per heavy atom. The number of H-pyrrole nitrogens is 1. The second-order valence-electron chi connectivity index (χ2n) is 3.59. The predicted molar refractivity (Wildman–Crippen MR) is 64.2 cm³/mol. The van der Waals surface area contributed by atoms with Crippen LogP contribution in [0.5, 0.6) is 0 Å². The molecule has 0 unspecified atom stereocenters. The van der Waals surface area contributed by atoms with Crippen molar-refractivity contribution in [2.75, 3.05) is 6.54 Å². The van der Waals surface area contributed by atoms with Gasteiger partial charge >= 0.3 is 0 Å². The highest BCUT2D eigenvalue weighted by Crippen LogP contribution is 2.27. The SMILES string of the molecule is NCCCc1nc(-c2c(F)cccc2Cl)n[nH]1. The van der Waals surface area contributed by atoms with Crippen LogP contribution in [0.4, 0.5) is 4.39 Å². The maximum atomic E-state index is 13.6. The van der Waals surface area contributed by atoms with Crippen LogP contribution in [-0.4, -0.2) is 21.7 Å². The Hall–Kier alpha value is -1.46. The van der Waals surface area contributed by atoms with Gasteiger partial charge in [0, 0.05) is 6.42 Å². The number of nitrogens with two attached hydrogens (primary N) is 1. The molecule has 0 fully saturated rings. The lowest BCUT2D eigenvalue weighted by Crippen LogP contribution is -2.01. The van der Waals surface area contributed by atoms with Crippen LogP contribution in [0.25, 0.3) is 11.4 Å². The van der Waals surface area contributed by atoms with Gasteiger partial charge in [-0.2, -0.15) is 5.10 Å². The molecule has 6 heteroatoms. The van der Waals surface area contributed by atoms with E-state index < -0.39 is 5.82 Å². The largest absolute Gasteiger partial charge is 0.330 e. The fraction of sp³-hybridized carbons (Fsp3) is 0.273. The lowest BCUT2D eigenvalue weighted by Gasteiger charge is -1.99. The molecule has 0 amide bonds. The first-order chi connectivity index (χ1) is 8.22. The molecule has 1 heterocycles. The molecule has 0 aliphatic heterocycles. The Bertz CT molecular complexity index is 492. The predicted octanol–water partition coefficient (Wildman–Crippen LogP) is 2.16. The lowest BCUT2D eigenvalue weighted by atomic mass is 10.2. The van der Waals surface area contributed by atoms with E-state index in [-0.39, 0.29) is 11.4 Å². The number of aromatic amines is 1. The van der Waals surface area contributed by atoms with Crippen molar-refractivity contribution >= 4 is 11.6 Å². The summed E-state index contributed by atoms with van der Waals surface area (Å²) >= 11 is 5.92. The fourth-order valence-electron chi connectivity index (χ4n) is 1.50. The van der Waals surface area contributed by atoms with Crippen LogP contribution in [0.3, 0.4) is 0 Å². The molecular weight excluding hydrogens is 243 g/mol. The molecule has 90 valence electrons. The maximum absolute atomic E-state index is 13.6. The summed E-state index contributed by atoms with van der Waals surface area (Å²) in [6.07, 6.45) is 1.50. The standard InChI is InChI=1S/C11H12ClFN4/c12-7-3-1-4-8(13)10(7)11-15-9(16-17-11)5-2-6-14/h1,3-4H,2,5-6,14H2,(H,15,16,17). The van der Waals surface area contributed by atoms with E-state index in [1.54, 1.807) is 12.1 Å². The molecule has 0 aliphatic carbocycles. The van der Waals surface area contributed by atoms with E-state index in [4.69, 9.17) is 17.3 Å². The highest BCUT2D eigenvalue weighted by molar-refractivity contribution is 6.33. The normalized spacial score (nSPS) is 10.8. The van der Waals surface area contributed by atoms with Gasteiger partial charge in [0.2, 0.25) is 0 Å². The minimum atomic E-state index is -0.429. The molecule has 0 bridgehead atoms. The Labute approximate surface area is 103 Å². The Morgan fingerprint density at radius 2 is 2.24 bits per heavy atom. The monoisotopic (exact) mass is 254 g/mol. The van der Waals surface area contributed by atoms with E-state index in [2.05, 4.69) is 15.2 Å². The molecule has 3 N–H and O–H groups in total. The number of nitrogens with one attached hydrogen (secondary N) is 1. The van der Waals surface area contributed by atoms with Crippen molar-refractivity contribution < 1.29 is 4.39 Å². The second-order valence-corrected chi connectivity index (χ2v) is 4.00. The van der Waals surface area contributed by atoms with Crippen molar-refractivity contribution in [2.24, 2.45) is 5.73 Å². The van der Waals surface area contributed by atoms with Crippen LogP contribution < -0.4 is 5.73 Å². The molecule has 0 saturated heterocycles. The van der Waals surface area contributed by atoms with E-state index >= 15 is 0 Å². The fourth-order valence-corrected chi connectivity index (χ4v) is 1.75. The van der Waals surface area contributed by atoms with Crippen LogP contribution >= 0.6 is 11.6 Å². The van der Waals surface area contributed by atoms with E-state index in [0.717, 1.165) is 6.42 Å². The topological polar surface area (TPSA) is 67.6 Å². The van der Waals surface area contributed by atoms with Gasteiger partial charge in [0.05, 0.1) is 10.6 Å². The third-order valence-electron chi connectivity index (χ3n) is 2.34. The first-order valence-corrected chi connectivity index (χ1v) is 5.66. The average molecular weight is 255 g/mol. The van der Waals surface area contributed by atoms with Crippen molar-refractivity contribution in [3.8, 4) is 11.4 Å². The molecule has 2 aromatic rings. The van der Waals surface area contributed by atoms with E-state index in [0.29, 0.717) is 23.8 Å². The molecule has 17 heavy (non-hydrogen) atoms. The zero-order valence-electron chi connectivity index (χ0n) is 9.08. The number of aryl methyl sites for hydroxylation is 1. The second kappa shape index (κ2) is 5.25. The molecular formula is C11H12ClFN4. The summed E-state index contributed by atoms with van der Waals surface area (Å²) in [6, 6.07) is 4.48. The Balaban J connectivity index is 2.30. The van der Waals surface area contributed by atoms with Gasteiger partial charge in [-0.05, 0) is 25.1 Å². The zero-order valence-corrected chi connectivity index (χ0v) is 9.84. The molecule has 0 aliphatic rings. The quantitative estimate of drug-likeness (QED) is 0.879. The first-order valence-electron chi connectivity index (χ1n) is 5.28. The van der Waals surface area contributed by atoms with Crippen LogP contribution in [0.15, 0.2) is 18.2 Å². The van der Waals surface area contributed by atoms with Gasteiger partial charge in [0.15, 0.2) is 5.82 Å². The number of benzene rings is 1. The highest BCUT2D eigenvalue weighted by atomic mass is 35.5. The van der Waals surface area contributed by atoms with Crippen molar-refractivity contribution in [3.05, 3.63) is 34.9 Å². The van der Waals surface area contributed by atoms with E-state index in [9.17, 15) is 4.39 Å². The number of hydrogen-bond donors (Lipinski definition) is 2. The van der Waals surface area contributed by atoms with Crippen molar-refractivity contribution in [2.45, 2.75) is 12.8 Å². The highest BCUT2D eigenvalue weighted by Gasteiger charge is 2.14. The van der Waals surface area contributed by atoms with E-state index in [1.807, 2.05) is 0 Å². The molecule has 4 nitrogen and oxygen atoms in total. The summed E-state index contributed by atoms with van der Waals surface area (Å²) in [7, 11) is 0. The smallest absolute Gasteiger partial charge is 0.185 e. The minimum absolute atomic E-state index is 0.226. The van der Waals surface area contributed by atoms with Gasteiger partial charge in [-0.1, -0.05) is 17.7 Å². The minimum Gasteiger partial charge on any atom is -0.330 e. The summed E-state index contributed by atoms with van der Waals surface area (Å²) < 4.78 is 13.6. The summed E-state index contributed by atoms with van der Waals surface area (Å²) in [4.78, 5) is 4.19. The summed E-state index contributed by atoms with van der Waals surface area (Å²) in [5, 5.41) is 7.01. The van der Waals surface area contributed by atoms with Gasteiger partial charge in [-0.3, -0.25) is 5.10 Å². The molecule has 0 spiro atoms. The van der Waals surface area contributed by atoms with Crippen molar-refractivity contribution in [1.82, 2.24) is 15.2 Å². The zero-order chi connectivity index (χ0) is 12.3. The maximum Gasteiger partial charge on any atom is 0.185 e. The Morgan fingerprint density at radius 1 is 1.41 bits per heavy atom. The average Bonchev–Trinajstić information content (AvgIpc) is 2.75. The molecule has 0 atom stereocenters. The van der Waals surface area contributed by atoms with Crippen LogP contribution in [0.1, 0.15) is 12.2 Å². The number of hydrogen-bond acceptors (Lipinski definition) is 3. The summed E-state index contributed by atoms with van der Waals surface area (Å²) in [5.41, 5.74) is 5.63. The number of rotatable bonds is 4. The number of nitrogens with zero attached hydrogens (tertiary/aromatic N) is 2. The summed E-state index contributed by atoms with van der Waals surface area (Å²) in [5.74, 6) is 0.534. The number of aromatic nitrogens is 3.